The Hall–Kier alpha value is -1.76. The first-order valence-electron chi connectivity index (χ1n) is 5.81. The number of hydrogen-bond donors (Lipinski definition) is 1. The monoisotopic (exact) mass is 282 g/mol. The maximum Gasteiger partial charge on any atom is 0.316 e. The number of carbonyl (C=O) groups excluding carboxylic acids is 1. The predicted molar refractivity (Wildman–Crippen MR) is 71.5 cm³/mol. The van der Waals surface area contributed by atoms with Crippen molar-refractivity contribution < 1.29 is 13.9 Å². The van der Waals surface area contributed by atoms with Crippen molar-refractivity contribution in [3.05, 3.63) is 21.7 Å². The quantitative estimate of drug-likeness (QED) is 0.523. The summed E-state index contributed by atoms with van der Waals surface area (Å²) in [5, 5.41) is 0.803. The Morgan fingerprint density at radius 2 is 2.21 bits per heavy atom. The van der Waals surface area contributed by atoms with Crippen LogP contribution in [0.15, 0.2) is 14.4 Å². The second-order valence-corrected chi connectivity index (χ2v) is 4.89. The van der Waals surface area contributed by atoms with Crippen LogP contribution in [0.4, 0.5) is 0 Å². The number of rotatable bonds is 4. The van der Waals surface area contributed by atoms with E-state index in [9.17, 15) is 9.59 Å². The van der Waals surface area contributed by atoms with Gasteiger partial charge in [-0.1, -0.05) is 11.8 Å². The van der Waals surface area contributed by atoms with Crippen molar-refractivity contribution in [2.45, 2.75) is 25.9 Å². The van der Waals surface area contributed by atoms with Gasteiger partial charge in [0.25, 0.3) is 5.56 Å². The fraction of sp³-hybridized carbons (Fsp3) is 0.417. The lowest BCUT2D eigenvalue weighted by Crippen LogP contribution is -2.11. The van der Waals surface area contributed by atoms with Gasteiger partial charge in [-0.2, -0.15) is 4.98 Å². The lowest BCUT2D eigenvalue weighted by Gasteiger charge is -2.01. The lowest BCUT2D eigenvalue weighted by atomic mass is 10.2. The van der Waals surface area contributed by atoms with Gasteiger partial charge < -0.3 is 14.1 Å². The fourth-order valence-electron chi connectivity index (χ4n) is 1.63. The van der Waals surface area contributed by atoms with Gasteiger partial charge in [0.15, 0.2) is 5.16 Å². The van der Waals surface area contributed by atoms with Crippen molar-refractivity contribution >= 4 is 28.8 Å². The van der Waals surface area contributed by atoms with Gasteiger partial charge in [0.05, 0.1) is 12.4 Å². The predicted octanol–water partition coefficient (Wildman–Crippen LogP) is 1.79. The van der Waals surface area contributed by atoms with Crippen molar-refractivity contribution in [1.82, 2.24) is 9.97 Å². The van der Waals surface area contributed by atoms with E-state index in [1.54, 1.807) is 13.8 Å². The summed E-state index contributed by atoms with van der Waals surface area (Å²) in [6.07, 6.45) is 0. The molecule has 2 aromatic heterocycles. The summed E-state index contributed by atoms with van der Waals surface area (Å²) in [6, 6.07) is 0. The Bertz CT molecular complexity index is 674. The van der Waals surface area contributed by atoms with Gasteiger partial charge in [-0.15, -0.1) is 0 Å². The summed E-state index contributed by atoms with van der Waals surface area (Å²) < 4.78 is 10.2. The van der Waals surface area contributed by atoms with Crippen molar-refractivity contribution in [3.8, 4) is 0 Å². The number of aryl methyl sites for hydroxylation is 2. The van der Waals surface area contributed by atoms with Crippen molar-refractivity contribution in [2.24, 2.45) is 0 Å². The second kappa shape index (κ2) is 5.48. The molecule has 0 saturated heterocycles. The van der Waals surface area contributed by atoms with Crippen LogP contribution in [0, 0.1) is 13.8 Å². The number of thioether (sulfide) groups is 1. The van der Waals surface area contributed by atoms with Gasteiger partial charge in [-0.3, -0.25) is 9.59 Å². The number of fused-ring (bicyclic) bond motifs is 1. The molecular weight excluding hydrogens is 268 g/mol. The maximum absolute atomic E-state index is 11.9. The van der Waals surface area contributed by atoms with E-state index in [2.05, 4.69) is 9.97 Å². The van der Waals surface area contributed by atoms with Gasteiger partial charge in [-0.05, 0) is 20.8 Å². The molecule has 0 fully saturated rings. The van der Waals surface area contributed by atoms with Crippen LogP contribution in [-0.4, -0.2) is 28.3 Å². The third-order valence-corrected chi connectivity index (χ3v) is 3.50. The Kier molecular flexibility index (Phi) is 3.94. The molecule has 0 unspecified atom stereocenters. The molecule has 0 aromatic carbocycles. The largest absolute Gasteiger partial charge is 0.465 e. The number of aromatic nitrogens is 2. The molecule has 2 aromatic rings. The Balaban J connectivity index is 2.26. The molecule has 0 bridgehead atoms. The molecule has 2 heterocycles. The number of furan rings is 1. The molecule has 1 N–H and O–H groups in total. The maximum atomic E-state index is 11.9. The molecule has 6 nitrogen and oxygen atoms in total. The molecule has 0 aliphatic rings. The molecule has 102 valence electrons. The van der Waals surface area contributed by atoms with E-state index in [4.69, 9.17) is 9.15 Å². The molecule has 19 heavy (non-hydrogen) atoms. The smallest absolute Gasteiger partial charge is 0.316 e. The summed E-state index contributed by atoms with van der Waals surface area (Å²) >= 11 is 1.11. The Morgan fingerprint density at radius 1 is 1.47 bits per heavy atom. The van der Waals surface area contributed by atoms with E-state index < -0.39 is 0 Å². The molecule has 7 heteroatoms. The van der Waals surface area contributed by atoms with Crippen LogP contribution in [0.5, 0.6) is 0 Å². The lowest BCUT2D eigenvalue weighted by molar-refractivity contribution is -0.139. The highest BCUT2D eigenvalue weighted by molar-refractivity contribution is 7.99. The molecule has 0 aliphatic carbocycles. The zero-order valence-electron chi connectivity index (χ0n) is 10.9. The number of ether oxygens (including phenoxy) is 1. The van der Waals surface area contributed by atoms with Crippen LogP contribution in [-0.2, 0) is 9.53 Å². The van der Waals surface area contributed by atoms with Crippen molar-refractivity contribution in [3.63, 3.8) is 0 Å². The third kappa shape index (κ3) is 2.81. The topological polar surface area (TPSA) is 85.2 Å². The number of aromatic amines is 1. The standard InChI is InChI=1S/C12H14N2O4S/c1-4-17-8(15)5-19-12-13-10(16)9-6(2)7(3)18-11(9)14-12/h4-5H2,1-3H3,(H,13,14,16). The summed E-state index contributed by atoms with van der Waals surface area (Å²) in [6.45, 7) is 5.66. The van der Waals surface area contributed by atoms with E-state index in [1.165, 1.54) is 0 Å². The minimum absolute atomic E-state index is 0.0982. The zero-order valence-corrected chi connectivity index (χ0v) is 11.7. The summed E-state index contributed by atoms with van der Waals surface area (Å²) in [5.74, 6) is 0.420. The van der Waals surface area contributed by atoms with E-state index in [0.717, 1.165) is 17.3 Å². The van der Waals surface area contributed by atoms with Crippen LogP contribution in [0.25, 0.3) is 11.1 Å². The second-order valence-electron chi connectivity index (χ2n) is 3.93. The van der Waals surface area contributed by atoms with Crippen LogP contribution in [0.1, 0.15) is 18.2 Å². The van der Waals surface area contributed by atoms with Gasteiger partial charge in [-0.25, -0.2) is 0 Å². The minimum Gasteiger partial charge on any atom is -0.465 e. The molecule has 0 aliphatic heterocycles. The molecule has 0 saturated carbocycles. The minimum atomic E-state index is -0.345. The number of nitrogens with one attached hydrogen (secondary N) is 1. The zero-order chi connectivity index (χ0) is 14.0. The van der Waals surface area contributed by atoms with Gasteiger partial charge in [0.1, 0.15) is 11.1 Å². The van der Waals surface area contributed by atoms with Crippen molar-refractivity contribution in [1.29, 1.82) is 0 Å². The van der Waals surface area contributed by atoms with Gasteiger partial charge in [0, 0.05) is 5.56 Å². The average molecular weight is 282 g/mol. The highest BCUT2D eigenvalue weighted by atomic mass is 32.2. The summed E-state index contributed by atoms with van der Waals surface area (Å²) in [7, 11) is 0. The molecule has 0 spiro atoms. The fourth-order valence-corrected chi connectivity index (χ4v) is 2.28. The molecule has 0 radical (unpaired) electrons. The van der Waals surface area contributed by atoms with Gasteiger partial charge in [0.2, 0.25) is 5.71 Å². The first kappa shape index (κ1) is 13.7. The van der Waals surface area contributed by atoms with Gasteiger partial charge >= 0.3 is 5.97 Å². The van der Waals surface area contributed by atoms with Crippen molar-refractivity contribution in [2.75, 3.05) is 12.4 Å². The number of nitrogens with zero attached hydrogens (tertiary/aromatic N) is 1. The Labute approximate surface area is 113 Å². The third-order valence-electron chi connectivity index (χ3n) is 2.65. The first-order chi connectivity index (χ1) is 9.02. The number of esters is 1. The normalized spacial score (nSPS) is 10.9. The van der Waals surface area contributed by atoms with Crippen LogP contribution >= 0.6 is 11.8 Å². The van der Waals surface area contributed by atoms with Crippen LogP contribution < -0.4 is 5.56 Å². The number of carbonyl (C=O) groups is 1. The number of H-pyrrole nitrogens is 1. The summed E-state index contributed by atoms with van der Waals surface area (Å²) in [4.78, 5) is 30.0. The molecular formula is C12H14N2O4S. The highest BCUT2D eigenvalue weighted by Gasteiger charge is 2.14. The van der Waals surface area contributed by atoms with E-state index in [1.807, 2.05) is 6.92 Å². The summed E-state index contributed by atoms with van der Waals surface area (Å²) in [5.41, 5.74) is 0.821. The highest BCUT2D eigenvalue weighted by Crippen LogP contribution is 2.21. The van der Waals surface area contributed by atoms with E-state index >= 15 is 0 Å². The van der Waals surface area contributed by atoms with E-state index in [0.29, 0.717) is 28.6 Å². The SMILES string of the molecule is CCOC(=O)CSc1nc2oc(C)c(C)c2c(=O)[nH]1. The molecule has 2 rings (SSSR count). The average Bonchev–Trinajstić information content (AvgIpc) is 2.63. The van der Waals surface area contributed by atoms with E-state index in [-0.39, 0.29) is 17.3 Å². The number of hydrogen-bond acceptors (Lipinski definition) is 6. The van der Waals surface area contributed by atoms with Crippen LogP contribution in [0.2, 0.25) is 0 Å². The molecule has 0 atom stereocenters. The molecule has 0 amide bonds. The first-order valence-corrected chi connectivity index (χ1v) is 6.80. The Morgan fingerprint density at radius 3 is 2.89 bits per heavy atom. The van der Waals surface area contributed by atoms with Crippen LogP contribution in [0.3, 0.4) is 0 Å².